The molecule has 6 nitrogen and oxygen atoms in total. The highest BCUT2D eigenvalue weighted by Crippen LogP contribution is 2.47. The summed E-state index contributed by atoms with van der Waals surface area (Å²) >= 11 is 0.937. The summed E-state index contributed by atoms with van der Waals surface area (Å²) < 4.78 is 70.9. The van der Waals surface area contributed by atoms with Crippen LogP contribution in [0.25, 0.3) is 0 Å². The summed E-state index contributed by atoms with van der Waals surface area (Å²) in [7, 11) is 0. The molecule has 0 unspecified atom stereocenters. The molecule has 2 amide bonds. The number of nitrogens with one attached hydrogen (secondary N) is 1. The number of hydrogen-bond acceptors (Lipinski definition) is 5. The van der Waals surface area contributed by atoms with Crippen LogP contribution in [0.4, 0.5) is 27.6 Å². The summed E-state index contributed by atoms with van der Waals surface area (Å²) in [4.78, 5) is 25.7. The molecule has 3 N–H and O–H groups in total. The van der Waals surface area contributed by atoms with Gasteiger partial charge in [0.2, 0.25) is 11.8 Å². The van der Waals surface area contributed by atoms with Crippen LogP contribution in [0.3, 0.4) is 0 Å². The van der Waals surface area contributed by atoms with Gasteiger partial charge in [-0.25, -0.2) is 8.78 Å². The van der Waals surface area contributed by atoms with Crippen LogP contribution in [0.5, 0.6) is 0 Å². The van der Waals surface area contributed by atoms with Crippen LogP contribution < -0.4 is 9.62 Å². The standard InChI is InChI=1S/C19H23F5N2O4S/c1-8(5-13(28)29)9(2)31-25-12(27)7-26-16-11(20)6-10(19(22,23)24)15(21)14(16)18(3,4)17(26)30/h6,8-9,13,28-29H,5,7H2,1-4H3,(H,25,27)/t8-,9-/m0/s1. The third-order valence-corrected chi connectivity index (χ3v) is 6.40. The number of alkyl halides is 3. The number of aliphatic hydroxyl groups is 2. The minimum absolute atomic E-state index is 0.0214. The Hall–Kier alpha value is -1.92. The number of rotatable bonds is 7. The van der Waals surface area contributed by atoms with Crippen LogP contribution in [0, 0.1) is 17.6 Å². The van der Waals surface area contributed by atoms with Gasteiger partial charge in [-0.2, -0.15) is 13.2 Å². The molecule has 12 heteroatoms. The van der Waals surface area contributed by atoms with Crippen molar-refractivity contribution in [2.45, 2.75) is 57.2 Å². The lowest BCUT2D eigenvalue weighted by molar-refractivity contribution is -0.140. The highest BCUT2D eigenvalue weighted by Gasteiger charge is 2.51. The van der Waals surface area contributed by atoms with Crippen molar-refractivity contribution < 1.29 is 41.8 Å². The first-order chi connectivity index (χ1) is 14.1. The van der Waals surface area contributed by atoms with Crippen molar-refractivity contribution in [3.63, 3.8) is 0 Å². The number of hydrogen-bond donors (Lipinski definition) is 3. The Morgan fingerprint density at radius 1 is 1.26 bits per heavy atom. The molecule has 1 aliphatic rings. The van der Waals surface area contributed by atoms with Gasteiger partial charge in [0.1, 0.15) is 18.2 Å². The van der Waals surface area contributed by atoms with Gasteiger partial charge in [0.05, 0.1) is 16.7 Å². The first kappa shape index (κ1) is 25.3. The molecule has 2 rings (SSSR count). The van der Waals surface area contributed by atoms with Crippen molar-refractivity contribution in [2.24, 2.45) is 5.92 Å². The smallest absolute Gasteiger partial charge is 0.368 e. The lowest BCUT2D eigenvalue weighted by atomic mass is 9.84. The average Bonchev–Trinajstić information content (AvgIpc) is 2.82. The van der Waals surface area contributed by atoms with Gasteiger partial charge in [0, 0.05) is 17.2 Å². The Labute approximate surface area is 179 Å². The Balaban J connectivity index is 2.26. The van der Waals surface area contributed by atoms with E-state index >= 15 is 0 Å². The zero-order valence-corrected chi connectivity index (χ0v) is 18.0. The molecule has 0 radical (unpaired) electrons. The van der Waals surface area contributed by atoms with Crippen molar-refractivity contribution in [3.05, 3.63) is 28.8 Å². The molecule has 0 aromatic heterocycles. The van der Waals surface area contributed by atoms with Gasteiger partial charge in [-0.05, 0) is 37.8 Å². The second kappa shape index (κ2) is 8.91. The van der Waals surface area contributed by atoms with E-state index in [1.165, 1.54) is 0 Å². The van der Waals surface area contributed by atoms with E-state index in [0.717, 1.165) is 25.8 Å². The molecule has 174 valence electrons. The summed E-state index contributed by atoms with van der Waals surface area (Å²) in [6, 6.07) is -0.0214. The molecule has 0 saturated carbocycles. The molecule has 31 heavy (non-hydrogen) atoms. The number of nitrogens with zero attached hydrogens (tertiary/aromatic N) is 1. The summed E-state index contributed by atoms with van der Waals surface area (Å²) in [5.41, 5.74) is -5.07. The fraction of sp³-hybridized carbons (Fsp3) is 0.579. The van der Waals surface area contributed by atoms with Gasteiger partial charge in [0.25, 0.3) is 0 Å². The number of fused-ring (bicyclic) bond motifs is 1. The molecular formula is C19H23F5N2O4S. The predicted octanol–water partition coefficient (Wildman–Crippen LogP) is 3.10. The second-order valence-electron chi connectivity index (χ2n) is 8.00. The number of carbonyl (C=O) groups is 2. The Morgan fingerprint density at radius 2 is 1.84 bits per heavy atom. The Bertz CT molecular complexity index is 876. The van der Waals surface area contributed by atoms with Gasteiger partial charge in [-0.1, -0.05) is 13.8 Å². The SMILES string of the molecule is C[C@H](SNC(=O)CN1C(=O)C(C)(C)c2c(F)c(C(F)(F)F)cc(F)c21)[C@@H](C)CC(O)O. The van der Waals surface area contributed by atoms with Crippen LogP contribution in [-0.2, 0) is 21.2 Å². The van der Waals surface area contributed by atoms with Crippen LogP contribution in [-0.4, -0.2) is 40.1 Å². The third-order valence-electron chi connectivity index (χ3n) is 5.21. The maximum Gasteiger partial charge on any atom is 0.419 e. The topological polar surface area (TPSA) is 89.9 Å². The number of carbonyl (C=O) groups excluding carboxylic acids is 2. The molecule has 0 fully saturated rings. The van der Waals surface area contributed by atoms with Crippen molar-refractivity contribution in [1.29, 1.82) is 0 Å². The van der Waals surface area contributed by atoms with Gasteiger partial charge in [0.15, 0.2) is 6.29 Å². The predicted molar refractivity (Wildman–Crippen MR) is 104 cm³/mol. The highest BCUT2D eigenvalue weighted by atomic mass is 32.2. The van der Waals surface area contributed by atoms with E-state index in [0.29, 0.717) is 4.90 Å². The zero-order chi connectivity index (χ0) is 23.9. The van der Waals surface area contributed by atoms with Crippen LogP contribution in [0.1, 0.15) is 45.2 Å². The van der Waals surface area contributed by atoms with Crippen molar-refractivity contribution in [3.8, 4) is 0 Å². The lowest BCUT2D eigenvalue weighted by Gasteiger charge is -2.22. The molecule has 0 bridgehead atoms. The minimum atomic E-state index is -5.16. The van der Waals surface area contributed by atoms with E-state index in [1.54, 1.807) is 13.8 Å². The largest absolute Gasteiger partial charge is 0.419 e. The van der Waals surface area contributed by atoms with Gasteiger partial charge in [-0.15, -0.1) is 0 Å². The molecule has 1 heterocycles. The monoisotopic (exact) mass is 470 g/mol. The van der Waals surface area contributed by atoms with E-state index in [4.69, 9.17) is 10.2 Å². The van der Waals surface area contributed by atoms with Gasteiger partial charge in [-0.3, -0.25) is 19.2 Å². The van der Waals surface area contributed by atoms with Gasteiger partial charge < -0.3 is 10.2 Å². The highest BCUT2D eigenvalue weighted by molar-refractivity contribution is 7.98. The number of anilines is 1. The van der Waals surface area contributed by atoms with E-state index in [9.17, 15) is 31.5 Å². The lowest BCUT2D eigenvalue weighted by Crippen LogP contribution is -2.42. The molecule has 0 aliphatic carbocycles. The van der Waals surface area contributed by atoms with E-state index in [1.807, 2.05) is 0 Å². The molecular weight excluding hydrogens is 447 g/mol. The Kier molecular flexibility index (Phi) is 7.28. The number of benzene rings is 1. The van der Waals surface area contributed by atoms with Crippen molar-refractivity contribution in [1.82, 2.24) is 4.72 Å². The molecule has 1 aromatic rings. The first-order valence-corrected chi connectivity index (χ1v) is 10.2. The van der Waals surface area contributed by atoms with Crippen LogP contribution >= 0.6 is 11.9 Å². The van der Waals surface area contributed by atoms with E-state index in [2.05, 4.69) is 4.72 Å². The van der Waals surface area contributed by atoms with Crippen LogP contribution in [0.2, 0.25) is 0 Å². The maximum absolute atomic E-state index is 14.7. The quantitative estimate of drug-likeness (QED) is 0.324. The fourth-order valence-electron chi connectivity index (χ4n) is 3.33. The minimum Gasteiger partial charge on any atom is -0.368 e. The Morgan fingerprint density at radius 3 is 2.35 bits per heavy atom. The summed E-state index contributed by atoms with van der Waals surface area (Å²) in [5, 5.41) is 17.8. The molecule has 1 aromatic carbocycles. The summed E-state index contributed by atoms with van der Waals surface area (Å²) in [6.07, 6.45) is -6.62. The maximum atomic E-state index is 14.7. The van der Waals surface area contributed by atoms with Crippen molar-refractivity contribution >= 4 is 29.4 Å². The van der Waals surface area contributed by atoms with Gasteiger partial charge >= 0.3 is 6.18 Å². The van der Waals surface area contributed by atoms with E-state index in [-0.39, 0.29) is 23.7 Å². The zero-order valence-electron chi connectivity index (χ0n) is 17.2. The van der Waals surface area contributed by atoms with Crippen molar-refractivity contribution in [2.75, 3.05) is 11.4 Å². The first-order valence-electron chi connectivity index (χ1n) is 9.31. The summed E-state index contributed by atoms with van der Waals surface area (Å²) in [6.45, 7) is 5.03. The average molecular weight is 470 g/mol. The second-order valence-corrected chi connectivity index (χ2v) is 9.18. The number of amides is 2. The normalized spacial score (nSPS) is 17.7. The number of aliphatic hydroxyl groups excluding tert-OH is 1. The fourth-order valence-corrected chi connectivity index (χ4v) is 4.05. The molecule has 1 aliphatic heterocycles. The molecule has 0 spiro atoms. The number of halogens is 5. The molecule has 2 atom stereocenters. The third kappa shape index (κ3) is 5.12. The van der Waals surface area contributed by atoms with Crippen LogP contribution in [0.15, 0.2) is 6.07 Å². The molecule has 0 saturated heterocycles. The summed E-state index contributed by atoms with van der Waals surface area (Å²) in [5.74, 6) is -5.08. The van der Waals surface area contributed by atoms with E-state index < -0.39 is 64.7 Å².